The number of halogens is 1. The summed E-state index contributed by atoms with van der Waals surface area (Å²) in [7, 11) is 0. The molecule has 1 aromatic carbocycles. The van der Waals surface area contributed by atoms with E-state index in [1.54, 1.807) is 23.2 Å². The minimum atomic E-state index is -0.807. The molecular formula is C21H20FN5O3. The summed E-state index contributed by atoms with van der Waals surface area (Å²) in [6, 6.07) is 6.65. The van der Waals surface area contributed by atoms with Crippen LogP contribution in [-0.2, 0) is 16.1 Å². The number of carbonyl (C=O) groups is 3. The molecule has 0 aliphatic carbocycles. The molecule has 4 rings (SSSR count). The highest BCUT2D eigenvalue weighted by Gasteiger charge is 2.34. The van der Waals surface area contributed by atoms with Gasteiger partial charge in [-0.2, -0.15) is 15.7 Å². The zero-order valence-electron chi connectivity index (χ0n) is 16.3. The summed E-state index contributed by atoms with van der Waals surface area (Å²) >= 11 is 0. The van der Waals surface area contributed by atoms with Crippen LogP contribution in [0.4, 0.5) is 4.48 Å². The molecule has 3 aromatic rings. The Labute approximate surface area is 171 Å². The molecule has 8 nitrogen and oxygen atoms in total. The molecule has 1 fully saturated rings. The first-order chi connectivity index (χ1) is 14.5. The van der Waals surface area contributed by atoms with Gasteiger partial charge in [0, 0.05) is 34.8 Å². The standard InChI is InChI=1S/C21H20FN5O3/c1-13(28)17-11-26(12-20(29)27-8-2-3-19(27)21(30)25-22)18-5-4-14(9-16(17)18)15-6-7-23-24-10-15/h4-7,9-11,19H,2-3,8,12H2,1H3,(H,25,30)/t19-/m0/s1. The first-order valence-corrected chi connectivity index (χ1v) is 9.60. The summed E-state index contributed by atoms with van der Waals surface area (Å²) in [5.74, 6) is -1.22. The second-order valence-corrected chi connectivity index (χ2v) is 7.29. The molecule has 0 bridgehead atoms. The van der Waals surface area contributed by atoms with Crippen molar-refractivity contribution in [2.45, 2.75) is 32.4 Å². The molecule has 1 aliphatic heterocycles. The highest BCUT2D eigenvalue weighted by molar-refractivity contribution is 6.08. The normalized spacial score (nSPS) is 16.1. The molecule has 0 spiro atoms. The van der Waals surface area contributed by atoms with Gasteiger partial charge >= 0.3 is 0 Å². The van der Waals surface area contributed by atoms with Gasteiger partial charge in [0.1, 0.15) is 12.6 Å². The number of Topliss-reactive ketones (excluding diaryl/α,β-unsaturated/α-hetero) is 1. The maximum Gasteiger partial charge on any atom is 0.270 e. The van der Waals surface area contributed by atoms with Crippen molar-refractivity contribution in [1.82, 2.24) is 25.2 Å². The Morgan fingerprint density at radius 1 is 1.20 bits per heavy atom. The Balaban J connectivity index is 1.68. The number of amides is 2. The number of nitrogens with zero attached hydrogens (tertiary/aromatic N) is 4. The predicted molar refractivity (Wildman–Crippen MR) is 107 cm³/mol. The van der Waals surface area contributed by atoms with E-state index in [2.05, 4.69) is 10.2 Å². The van der Waals surface area contributed by atoms with E-state index in [1.165, 1.54) is 11.8 Å². The van der Waals surface area contributed by atoms with Crippen LogP contribution in [0.5, 0.6) is 0 Å². The van der Waals surface area contributed by atoms with E-state index in [4.69, 9.17) is 0 Å². The number of rotatable bonds is 5. The maximum atomic E-state index is 12.9. The van der Waals surface area contributed by atoms with Crippen LogP contribution in [0.2, 0.25) is 0 Å². The lowest BCUT2D eigenvalue weighted by Gasteiger charge is -2.23. The molecule has 1 saturated heterocycles. The van der Waals surface area contributed by atoms with Crippen LogP contribution in [0.1, 0.15) is 30.1 Å². The molecule has 154 valence electrons. The van der Waals surface area contributed by atoms with Crippen molar-refractivity contribution in [3.05, 3.63) is 48.4 Å². The molecule has 0 saturated carbocycles. The Morgan fingerprint density at radius 2 is 2.03 bits per heavy atom. The molecule has 3 heterocycles. The van der Waals surface area contributed by atoms with Crippen molar-refractivity contribution in [2.75, 3.05) is 6.54 Å². The van der Waals surface area contributed by atoms with Crippen LogP contribution in [0.3, 0.4) is 0 Å². The van der Waals surface area contributed by atoms with Gasteiger partial charge in [0.05, 0.1) is 12.4 Å². The van der Waals surface area contributed by atoms with Crippen LogP contribution in [-0.4, -0.2) is 49.8 Å². The van der Waals surface area contributed by atoms with Crippen LogP contribution in [0.15, 0.2) is 42.9 Å². The van der Waals surface area contributed by atoms with Crippen molar-refractivity contribution in [1.29, 1.82) is 0 Å². The molecule has 1 N–H and O–H groups in total. The lowest BCUT2D eigenvalue weighted by molar-refractivity contribution is -0.140. The third kappa shape index (κ3) is 3.54. The number of aromatic nitrogens is 3. The van der Waals surface area contributed by atoms with Crippen molar-refractivity contribution in [2.24, 2.45) is 0 Å². The molecule has 1 atom stereocenters. The number of nitrogens with one attached hydrogen (secondary N) is 1. The fourth-order valence-electron chi connectivity index (χ4n) is 3.99. The van der Waals surface area contributed by atoms with Crippen LogP contribution in [0.25, 0.3) is 22.0 Å². The van der Waals surface area contributed by atoms with E-state index in [9.17, 15) is 18.9 Å². The van der Waals surface area contributed by atoms with Gasteiger partial charge in [-0.15, -0.1) is 4.48 Å². The lowest BCUT2D eigenvalue weighted by Crippen LogP contribution is -2.45. The molecule has 30 heavy (non-hydrogen) atoms. The number of hydrogen-bond acceptors (Lipinski definition) is 5. The van der Waals surface area contributed by atoms with Crippen molar-refractivity contribution in [3.63, 3.8) is 0 Å². The van der Waals surface area contributed by atoms with E-state index in [1.807, 2.05) is 24.3 Å². The highest BCUT2D eigenvalue weighted by atomic mass is 19.2. The summed E-state index contributed by atoms with van der Waals surface area (Å²) in [5, 5.41) is 8.39. The summed E-state index contributed by atoms with van der Waals surface area (Å²) in [6.07, 6.45) is 5.95. The largest absolute Gasteiger partial charge is 0.337 e. The van der Waals surface area contributed by atoms with E-state index >= 15 is 0 Å². The van der Waals surface area contributed by atoms with Crippen molar-refractivity contribution >= 4 is 28.5 Å². The van der Waals surface area contributed by atoms with E-state index in [-0.39, 0.29) is 18.2 Å². The van der Waals surface area contributed by atoms with Gasteiger partial charge in [-0.25, -0.2) is 0 Å². The average molecular weight is 409 g/mol. The van der Waals surface area contributed by atoms with E-state index < -0.39 is 11.9 Å². The highest BCUT2D eigenvalue weighted by Crippen LogP contribution is 2.28. The molecule has 0 radical (unpaired) electrons. The number of carbonyl (C=O) groups excluding carboxylic acids is 3. The van der Waals surface area contributed by atoms with Crippen LogP contribution >= 0.6 is 0 Å². The summed E-state index contributed by atoms with van der Waals surface area (Å²) < 4.78 is 14.3. The number of likely N-dealkylation sites (tertiary alicyclic amines) is 1. The maximum absolute atomic E-state index is 12.9. The van der Waals surface area contributed by atoms with Crippen molar-refractivity contribution < 1.29 is 18.9 Å². The van der Waals surface area contributed by atoms with Gasteiger partial charge < -0.3 is 9.47 Å². The van der Waals surface area contributed by atoms with Gasteiger partial charge in [-0.1, -0.05) is 6.07 Å². The number of benzene rings is 1. The zero-order chi connectivity index (χ0) is 21.3. The SMILES string of the molecule is CC(=O)c1cn(CC(=O)N2CCC[C@H]2C(=O)NF)c2ccc(-c3ccnnc3)cc12. The quantitative estimate of drug-likeness (QED) is 0.515. The molecular weight excluding hydrogens is 389 g/mol. The molecule has 0 unspecified atom stereocenters. The Hall–Kier alpha value is -3.62. The third-order valence-electron chi connectivity index (χ3n) is 5.45. The topological polar surface area (TPSA) is 97.2 Å². The Kier molecular flexibility index (Phi) is 5.26. The average Bonchev–Trinajstić information content (AvgIpc) is 3.39. The van der Waals surface area contributed by atoms with Gasteiger partial charge in [0.2, 0.25) is 5.91 Å². The molecule has 1 aliphatic rings. The van der Waals surface area contributed by atoms with Gasteiger partial charge in [-0.05, 0) is 43.5 Å². The summed E-state index contributed by atoms with van der Waals surface area (Å²) in [5.41, 5.74) is 4.10. The van der Waals surface area contributed by atoms with Crippen LogP contribution < -0.4 is 5.54 Å². The molecule has 2 amide bonds. The Bertz CT molecular complexity index is 1130. The summed E-state index contributed by atoms with van der Waals surface area (Å²) in [4.78, 5) is 38.2. The number of ketones is 1. The smallest absolute Gasteiger partial charge is 0.270 e. The monoisotopic (exact) mass is 409 g/mol. The van der Waals surface area contributed by atoms with E-state index in [0.717, 1.165) is 27.6 Å². The Morgan fingerprint density at radius 3 is 2.73 bits per heavy atom. The summed E-state index contributed by atoms with van der Waals surface area (Å²) in [6.45, 7) is 1.83. The van der Waals surface area contributed by atoms with Gasteiger partial charge in [-0.3, -0.25) is 14.4 Å². The second kappa shape index (κ2) is 8.02. The first-order valence-electron chi connectivity index (χ1n) is 9.60. The minimum Gasteiger partial charge on any atom is -0.337 e. The predicted octanol–water partition coefficient (Wildman–Crippen LogP) is 2.29. The number of fused-ring (bicyclic) bond motifs is 1. The van der Waals surface area contributed by atoms with Crippen LogP contribution in [0, 0.1) is 0 Å². The zero-order valence-corrected chi connectivity index (χ0v) is 16.3. The molecule has 9 heteroatoms. The minimum absolute atomic E-state index is 0.0456. The second-order valence-electron chi connectivity index (χ2n) is 7.29. The molecule has 2 aromatic heterocycles. The lowest BCUT2D eigenvalue weighted by atomic mass is 10.0. The van der Waals surface area contributed by atoms with E-state index in [0.29, 0.717) is 24.9 Å². The number of hydrogen-bond donors (Lipinski definition) is 1. The fourth-order valence-corrected chi connectivity index (χ4v) is 3.99. The first kappa shape index (κ1) is 19.7. The van der Waals surface area contributed by atoms with Gasteiger partial charge in [0.25, 0.3) is 5.91 Å². The van der Waals surface area contributed by atoms with Gasteiger partial charge in [0.15, 0.2) is 5.78 Å². The fraction of sp³-hybridized carbons (Fsp3) is 0.286. The third-order valence-corrected chi connectivity index (χ3v) is 5.45. The van der Waals surface area contributed by atoms with Crippen molar-refractivity contribution in [3.8, 4) is 11.1 Å².